The number of benzene rings is 1. The fourth-order valence-corrected chi connectivity index (χ4v) is 4.00. The highest BCUT2D eigenvalue weighted by Gasteiger charge is 2.31. The molecule has 140 valence electrons. The first-order valence-electron chi connectivity index (χ1n) is 7.91. The number of methoxy groups -OCH3 is 1. The normalized spacial score (nSPS) is 15.4. The molecule has 1 aromatic carbocycles. The molecule has 0 aliphatic carbocycles. The van der Waals surface area contributed by atoms with Crippen LogP contribution in [0.1, 0.15) is 18.4 Å². The average Bonchev–Trinajstić information content (AvgIpc) is 3.26. The van der Waals surface area contributed by atoms with Gasteiger partial charge in [-0.05, 0) is 35.4 Å². The van der Waals surface area contributed by atoms with Gasteiger partial charge in [0.15, 0.2) is 0 Å². The SMILES string of the molecule is COc1ccc(/C=C2\SC(=S)N(CCCC(=O)Nc3nnns3)C2=O)cc1. The lowest BCUT2D eigenvalue weighted by molar-refractivity contribution is -0.122. The van der Waals surface area contributed by atoms with Crippen molar-refractivity contribution in [2.24, 2.45) is 0 Å². The molecule has 27 heavy (non-hydrogen) atoms. The summed E-state index contributed by atoms with van der Waals surface area (Å²) in [5.74, 6) is 0.407. The van der Waals surface area contributed by atoms with Crippen LogP contribution in [0.15, 0.2) is 29.2 Å². The maximum absolute atomic E-state index is 12.6. The molecule has 11 heteroatoms. The van der Waals surface area contributed by atoms with Crippen molar-refractivity contribution in [1.29, 1.82) is 0 Å². The van der Waals surface area contributed by atoms with Crippen LogP contribution in [-0.4, -0.2) is 49.5 Å². The van der Waals surface area contributed by atoms with Gasteiger partial charge in [0.1, 0.15) is 10.1 Å². The van der Waals surface area contributed by atoms with E-state index in [1.807, 2.05) is 24.3 Å². The molecule has 1 aromatic heterocycles. The molecule has 2 amide bonds. The van der Waals surface area contributed by atoms with Crippen molar-refractivity contribution < 1.29 is 14.3 Å². The second kappa shape index (κ2) is 9.02. The topological polar surface area (TPSA) is 97.3 Å². The quantitative estimate of drug-likeness (QED) is 0.538. The van der Waals surface area contributed by atoms with Crippen LogP contribution in [0.25, 0.3) is 6.08 Å². The largest absolute Gasteiger partial charge is 0.497 e. The molecule has 1 saturated heterocycles. The van der Waals surface area contributed by atoms with Crippen molar-refractivity contribution in [1.82, 2.24) is 19.7 Å². The maximum Gasteiger partial charge on any atom is 0.266 e. The van der Waals surface area contributed by atoms with Gasteiger partial charge < -0.3 is 4.74 Å². The van der Waals surface area contributed by atoms with Crippen LogP contribution in [0.2, 0.25) is 0 Å². The number of aromatic nitrogens is 3. The van der Waals surface area contributed by atoms with Crippen LogP contribution in [-0.2, 0) is 9.59 Å². The number of amides is 2. The van der Waals surface area contributed by atoms with E-state index in [-0.39, 0.29) is 18.2 Å². The fraction of sp³-hybridized carbons (Fsp3) is 0.250. The minimum atomic E-state index is -0.201. The average molecular weight is 422 g/mol. The van der Waals surface area contributed by atoms with Gasteiger partial charge >= 0.3 is 0 Å². The fourth-order valence-electron chi connectivity index (χ4n) is 2.31. The molecule has 2 heterocycles. The number of rotatable bonds is 7. The Hall–Kier alpha value is -2.37. The lowest BCUT2D eigenvalue weighted by atomic mass is 10.2. The predicted octanol–water partition coefficient (Wildman–Crippen LogP) is 2.56. The van der Waals surface area contributed by atoms with E-state index in [0.29, 0.717) is 27.3 Å². The molecule has 1 aliphatic rings. The summed E-state index contributed by atoms with van der Waals surface area (Å²) < 4.78 is 9.19. The number of hydrogen-bond acceptors (Lipinski definition) is 9. The molecule has 0 spiro atoms. The van der Waals surface area contributed by atoms with E-state index in [9.17, 15) is 9.59 Å². The van der Waals surface area contributed by atoms with E-state index in [0.717, 1.165) is 22.8 Å². The number of ether oxygens (including phenoxy) is 1. The van der Waals surface area contributed by atoms with Crippen molar-refractivity contribution in [2.75, 3.05) is 19.0 Å². The van der Waals surface area contributed by atoms with E-state index in [1.165, 1.54) is 16.7 Å². The molecule has 1 fully saturated rings. The zero-order chi connectivity index (χ0) is 19.2. The van der Waals surface area contributed by atoms with Gasteiger partial charge in [-0.1, -0.05) is 45.7 Å². The van der Waals surface area contributed by atoms with Crippen LogP contribution in [0.3, 0.4) is 0 Å². The lowest BCUT2D eigenvalue weighted by Crippen LogP contribution is -2.29. The number of nitrogens with zero attached hydrogens (tertiary/aromatic N) is 4. The standard InChI is InChI=1S/C16H15N5O3S3/c1-24-11-6-4-10(5-7-11)9-12-14(23)21(16(25)26-12)8-2-3-13(22)17-15-18-19-20-27-15/h4-7,9H,2-3,8H2,1H3,(H,17,18,20,22)/b12-9-. The van der Waals surface area contributed by atoms with Crippen molar-refractivity contribution >= 4 is 62.9 Å². The highest BCUT2D eigenvalue weighted by molar-refractivity contribution is 8.26. The Kier molecular flexibility index (Phi) is 6.48. The summed E-state index contributed by atoms with van der Waals surface area (Å²) in [6.07, 6.45) is 2.53. The van der Waals surface area contributed by atoms with Crippen molar-refractivity contribution in [2.45, 2.75) is 12.8 Å². The van der Waals surface area contributed by atoms with Gasteiger partial charge in [0.2, 0.25) is 11.0 Å². The van der Waals surface area contributed by atoms with Gasteiger partial charge in [-0.2, -0.15) is 0 Å². The maximum atomic E-state index is 12.6. The van der Waals surface area contributed by atoms with E-state index >= 15 is 0 Å². The van der Waals surface area contributed by atoms with Crippen molar-refractivity contribution in [3.8, 4) is 5.75 Å². The Balaban J connectivity index is 1.54. The first-order valence-corrected chi connectivity index (χ1v) is 9.91. The Morgan fingerprint density at radius 3 is 2.81 bits per heavy atom. The van der Waals surface area contributed by atoms with Crippen molar-refractivity contribution in [3.05, 3.63) is 34.7 Å². The van der Waals surface area contributed by atoms with Crippen LogP contribution >= 0.6 is 35.5 Å². The number of thioether (sulfide) groups is 1. The molecular formula is C16H15N5O3S3. The summed E-state index contributed by atoms with van der Waals surface area (Å²) >= 11 is 7.57. The Labute approximate surface area is 169 Å². The number of carbonyl (C=O) groups is 2. The lowest BCUT2D eigenvalue weighted by Gasteiger charge is -2.13. The van der Waals surface area contributed by atoms with Crippen LogP contribution in [0, 0.1) is 0 Å². The monoisotopic (exact) mass is 421 g/mol. The summed E-state index contributed by atoms with van der Waals surface area (Å²) in [5.41, 5.74) is 0.890. The molecule has 0 bridgehead atoms. The molecule has 1 aliphatic heterocycles. The van der Waals surface area contributed by atoms with E-state index < -0.39 is 0 Å². The Bertz CT molecular complexity index is 868. The summed E-state index contributed by atoms with van der Waals surface area (Å²) in [5, 5.41) is 10.0. The Morgan fingerprint density at radius 2 is 2.15 bits per heavy atom. The zero-order valence-corrected chi connectivity index (χ0v) is 16.7. The second-order valence-corrected chi connectivity index (χ2v) is 7.83. The van der Waals surface area contributed by atoms with Gasteiger partial charge in [0.05, 0.1) is 12.0 Å². The van der Waals surface area contributed by atoms with Gasteiger partial charge in [-0.3, -0.25) is 19.8 Å². The van der Waals surface area contributed by atoms with Gasteiger partial charge in [-0.25, -0.2) is 0 Å². The molecule has 1 N–H and O–H groups in total. The minimum absolute atomic E-state index is 0.144. The summed E-state index contributed by atoms with van der Waals surface area (Å²) in [7, 11) is 1.60. The summed E-state index contributed by atoms with van der Waals surface area (Å²) in [4.78, 5) is 26.5. The number of thiocarbonyl (C=S) groups is 1. The Morgan fingerprint density at radius 1 is 1.37 bits per heavy atom. The second-order valence-electron chi connectivity index (χ2n) is 5.43. The minimum Gasteiger partial charge on any atom is -0.497 e. The first kappa shape index (κ1) is 19.4. The number of anilines is 1. The van der Waals surface area contributed by atoms with Crippen molar-refractivity contribution in [3.63, 3.8) is 0 Å². The zero-order valence-electron chi connectivity index (χ0n) is 14.2. The van der Waals surface area contributed by atoms with E-state index in [4.69, 9.17) is 17.0 Å². The molecule has 0 radical (unpaired) electrons. The smallest absolute Gasteiger partial charge is 0.266 e. The molecule has 3 rings (SSSR count). The highest BCUT2D eigenvalue weighted by atomic mass is 32.2. The first-order chi connectivity index (χ1) is 13.1. The number of carbonyl (C=O) groups excluding carboxylic acids is 2. The van der Waals surface area contributed by atoms with Gasteiger partial charge in [0, 0.05) is 24.5 Å². The third-order valence-electron chi connectivity index (χ3n) is 3.62. The van der Waals surface area contributed by atoms with Gasteiger partial charge in [-0.15, -0.1) is 0 Å². The summed E-state index contributed by atoms with van der Waals surface area (Å²) in [6, 6.07) is 7.41. The summed E-state index contributed by atoms with van der Waals surface area (Å²) in [6.45, 7) is 0.381. The van der Waals surface area contributed by atoms with Crippen LogP contribution in [0.5, 0.6) is 5.75 Å². The van der Waals surface area contributed by atoms with E-state index in [1.54, 1.807) is 13.2 Å². The molecule has 0 atom stereocenters. The highest BCUT2D eigenvalue weighted by Crippen LogP contribution is 2.33. The molecule has 2 aromatic rings. The third-order valence-corrected chi connectivity index (χ3v) is 5.51. The van der Waals surface area contributed by atoms with Crippen LogP contribution < -0.4 is 10.1 Å². The van der Waals surface area contributed by atoms with Gasteiger partial charge in [0.25, 0.3) is 5.91 Å². The molecule has 0 saturated carbocycles. The third kappa shape index (κ3) is 5.08. The van der Waals surface area contributed by atoms with Crippen LogP contribution in [0.4, 0.5) is 5.13 Å². The molecule has 0 unspecified atom stereocenters. The predicted molar refractivity (Wildman–Crippen MR) is 108 cm³/mol. The molecular weight excluding hydrogens is 406 g/mol. The van der Waals surface area contributed by atoms with E-state index in [2.05, 4.69) is 20.1 Å². The number of nitrogens with one attached hydrogen (secondary N) is 1. The molecule has 8 nitrogen and oxygen atoms in total. The number of hydrogen-bond donors (Lipinski definition) is 1.